The summed E-state index contributed by atoms with van der Waals surface area (Å²) in [5.74, 6) is 2.33. The third-order valence-electron chi connectivity index (χ3n) is 2.88. The molecule has 0 bridgehead atoms. The molecule has 0 amide bonds. The van der Waals surface area contributed by atoms with Gasteiger partial charge in [-0.25, -0.2) is 0 Å². The van der Waals surface area contributed by atoms with E-state index in [1.807, 2.05) is 6.26 Å². The van der Waals surface area contributed by atoms with Crippen LogP contribution in [-0.4, -0.2) is 0 Å². The van der Waals surface area contributed by atoms with Crippen LogP contribution < -0.4 is 0 Å². The maximum atomic E-state index is 5.60. The molecule has 0 spiro atoms. The molecule has 1 heterocycles. The second-order valence-corrected chi connectivity index (χ2v) is 5.53. The fourth-order valence-electron chi connectivity index (χ4n) is 1.37. The molecule has 80 valence electrons. The van der Waals surface area contributed by atoms with E-state index < -0.39 is 0 Å². The Bertz CT molecular complexity index is 288. The summed E-state index contributed by atoms with van der Waals surface area (Å²) in [6.45, 7) is 13.3. The molecule has 1 unspecified atom stereocenters. The van der Waals surface area contributed by atoms with Crippen molar-refractivity contribution in [2.45, 2.75) is 52.9 Å². The maximum Gasteiger partial charge on any atom is 0.109 e. The minimum absolute atomic E-state index is 0.120. The second-order valence-electron chi connectivity index (χ2n) is 5.53. The van der Waals surface area contributed by atoms with Gasteiger partial charge in [0.2, 0.25) is 0 Å². The molecule has 1 aromatic heterocycles. The van der Waals surface area contributed by atoms with Crippen molar-refractivity contribution in [2.75, 3.05) is 0 Å². The van der Waals surface area contributed by atoms with Crippen LogP contribution in [0, 0.1) is 5.92 Å². The number of hydrogen-bond donors (Lipinski definition) is 0. The molecular formula is C13H22O. The van der Waals surface area contributed by atoms with Crippen molar-refractivity contribution in [3.8, 4) is 0 Å². The van der Waals surface area contributed by atoms with Crippen LogP contribution in [0.25, 0.3) is 0 Å². The maximum absolute atomic E-state index is 5.60. The van der Waals surface area contributed by atoms with E-state index in [1.165, 1.54) is 5.56 Å². The zero-order valence-electron chi connectivity index (χ0n) is 10.2. The molecule has 1 atom stereocenters. The molecule has 1 nitrogen and oxygen atoms in total. The van der Waals surface area contributed by atoms with Crippen LogP contribution in [-0.2, 0) is 5.41 Å². The Morgan fingerprint density at radius 2 is 1.71 bits per heavy atom. The highest BCUT2D eigenvalue weighted by atomic mass is 16.3. The lowest BCUT2D eigenvalue weighted by molar-refractivity contribution is 0.408. The number of hydrogen-bond acceptors (Lipinski definition) is 1. The van der Waals surface area contributed by atoms with Gasteiger partial charge in [-0.2, -0.15) is 0 Å². The average Bonchev–Trinajstić information content (AvgIpc) is 2.49. The molecule has 1 rings (SSSR count). The van der Waals surface area contributed by atoms with Gasteiger partial charge in [0.25, 0.3) is 0 Å². The first kappa shape index (κ1) is 11.4. The molecule has 0 saturated heterocycles. The number of furan rings is 1. The van der Waals surface area contributed by atoms with Crippen LogP contribution in [0.3, 0.4) is 0 Å². The average molecular weight is 194 g/mol. The first-order chi connectivity index (χ1) is 6.32. The lowest BCUT2D eigenvalue weighted by atomic mass is 9.89. The van der Waals surface area contributed by atoms with Gasteiger partial charge in [0.05, 0.1) is 6.26 Å². The summed E-state index contributed by atoms with van der Waals surface area (Å²) in [4.78, 5) is 0. The van der Waals surface area contributed by atoms with Crippen molar-refractivity contribution in [3.05, 3.63) is 23.7 Å². The van der Waals surface area contributed by atoms with Crippen molar-refractivity contribution in [3.63, 3.8) is 0 Å². The van der Waals surface area contributed by atoms with E-state index in [4.69, 9.17) is 4.42 Å². The monoisotopic (exact) mass is 194 g/mol. The Kier molecular flexibility index (Phi) is 3.08. The van der Waals surface area contributed by atoms with Crippen LogP contribution >= 0.6 is 0 Å². The van der Waals surface area contributed by atoms with Crippen LogP contribution in [0.5, 0.6) is 0 Å². The minimum Gasteiger partial charge on any atom is -0.468 e. The molecule has 0 radical (unpaired) electrons. The molecule has 1 aromatic rings. The fourth-order valence-corrected chi connectivity index (χ4v) is 1.37. The summed E-state index contributed by atoms with van der Waals surface area (Å²) in [7, 11) is 0. The molecule has 0 fully saturated rings. The Morgan fingerprint density at radius 3 is 2.07 bits per heavy atom. The predicted octanol–water partition coefficient (Wildman–Crippen LogP) is 4.34. The SMILES string of the molecule is CC(C)C(C)c1coc(C(C)(C)C)c1. The van der Waals surface area contributed by atoms with Crippen LogP contribution in [0.15, 0.2) is 16.7 Å². The molecule has 0 aromatic carbocycles. The number of rotatable bonds is 2. The normalized spacial score (nSPS) is 14.8. The lowest BCUT2D eigenvalue weighted by Gasteiger charge is -2.15. The summed E-state index contributed by atoms with van der Waals surface area (Å²) in [5.41, 5.74) is 1.44. The predicted molar refractivity (Wildman–Crippen MR) is 60.7 cm³/mol. The van der Waals surface area contributed by atoms with E-state index in [9.17, 15) is 0 Å². The van der Waals surface area contributed by atoms with Crippen molar-refractivity contribution >= 4 is 0 Å². The first-order valence-corrected chi connectivity index (χ1v) is 5.41. The van der Waals surface area contributed by atoms with Gasteiger partial charge in [0.1, 0.15) is 5.76 Å². The highest BCUT2D eigenvalue weighted by molar-refractivity contribution is 5.21. The Morgan fingerprint density at radius 1 is 1.14 bits per heavy atom. The van der Waals surface area contributed by atoms with Gasteiger partial charge >= 0.3 is 0 Å². The van der Waals surface area contributed by atoms with Gasteiger partial charge in [-0.05, 0) is 23.5 Å². The summed E-state index contributed by atoms with van der Waals surface area (Å²) in [5, 5.41) is 0. The van der Waals surface area contributed by atoms with E-state index in [2.05, 4.69) is 47.6 Å². The summed E-state index contributed by atoms with van der Waals surface area (Å²) in [6.07, 6.45) is 1.91. The summed E-state index contributed by atoms with van der Waals surface area (Å²) < 4.78 is 5.60. The van der Waals surface area contributed by atoms with E-state index in [1.54, 1.807) is 0 Å². The topological polar surface area (TPSA) is 13.1 Å². The Hall–Kier alpha value is -0.720. The van der Waals surface area contributed by atoms with Crippen molar-refractivity contribution < 1.29 is 4.42 Å². The molecule has 0 aliphatic carbocycles. The highest BCUT2D eigenvalue weighted by Gasteiger charge is 2.20. The Labute approximate surface area is 87.5 Å². The van der Waals surface area contributed by atoms with Gasteiger partial charge in [-0.1, -0.05) is 41.5 Å². The largest absolute Gasteiger partial charge is 0.468 e. The standard InChI is InChI=1S/C13H22O/c1-9(2)10(3)11-7-12(14-8-11)13(4,5)6/h7-10H,1-6H3. The van der Waals surface area contributed by atoms with Gasteiger partial charge < -0.3 is 4.42 Å². The fraction of sp³-hybridized carbons (Fsp3) is 0.692. The third-order valence-corrected chi connectivity index (χ3v) is 2.88. The molecule has 0 aliphatic rings. The van der Waals surface area contributed by atoms with Crippen molar-refractivity contribution in [1.82, 2.24) is 0 Å². The van der Waals surface area contributed by atoms with E-state index in [0.29, 0.717) is 11.8 Å². The Balaban J connectivity index is 2.89. The first-order valence-electron chi connectivity index (χ1n) is 5.41. The minimum atomic E-state index is 0.120. The molecule has 0 N–H and O–H groups in total. The molecular weight excluding hydrogens is 172 g/mol. The van der Waals surface area contributed by atoms with Crippen LogP contribution in [0.1, 0.15) is 58.8 Å². The van der Waals surface area contributed by atoms with Crippen LogP contribution in [0.2, 0.25) is 0 Å². The summed E-state index contributed by atoms with van der Waals surface area (Å²) in [6, 6.07) is 2.20. The highest BCUT2D eigenvalue weighted by Crippen LogP contribution is 2.30. The molecule has 0 saturated carbocycles. The van der Waals surface area contributed by atoms with Gasteiger partial charge in [-0.15, -0.1) is 0 Å². The smallest absolute Gasteiger partial charge is 0.109 e. The zero-order valence-corrected chi connectivity index (χ0v) is 10.2. The van der Waals surface area contributed by atoms with Gasteiger partial charge in [-0.3, -0.25) is 0 Å². The van der Waals surface area contributed by atoms with Crippen molar-refractivity contribution in [1.29, 1.82) is 0 Å². The van der Waals surface area contributed by atoms with Crippen molar-refractivity contribution in [2.24, 2.45) is 5.92 Å². The van der Waals surface area contributed by atoms with E-state index in [0.717, 1.165) is 5.76 Å². The molecule has 1 heteroatoms. The van der Waals surface area contributed by atoms with E-state index >= 15 is 0 Å². The van der Waals surface area contributed by atoms with E-state index in [-0.39, 0.29) is 5.41 Å². The third kappa shape index (κ3) is 2.40. The van der Waals surface area contributed by atoms with Gasteiger partial charge in [0, 0.05) is 5.41 Å². The lowest BCUT2D eigenvalue weighted by Crippen LogP contribution is -2.09. The zero-order chi connectivity index (χ0) is 10.9. The second kappa shape index (κ2) is 3.80. The molecule has 0 aliphatic heterocycles. The van der Waals surface area contributed by atoms with Crippen LogP contribution in [0.4, 0.5) is 0 Å². The van der Waals surface area contributed by atoms with Gasteiger partial charge in [0.15, 0.2) is 0 Å². The quantitative estimate of drug-likeness (QED) is 0.682. The summed E-state index contributed by atoms with van der Waals surface area (Å²) >= 11 is 0. The molecule has 14 heavy (non-hydrogen) atoms.